The Morgan fingerprint density at radius 1 is 1.17 bits per heavy atom. The Bertz CT molecular complexity index is 792. The van der Waals surface area contributed by atoms with Crippen molar-refractivity contribution in [1.82, 2.24) is 0 Å². The number of ether oxygens (including phenoxy) is 1. The fraction of sp³-hybridized carbons (Fsp3) is 0.176. The van der Waals surface area contributed by atoms with Gasteiger partial charge in [0.1, 0.15) is 22.9 Å². The Balaban J connectivity index is 2.05. The third kappa shape index (κ3) is 4.07. The molecule has 0 aliphatic carbocycles. The van der Waals surface area contributed by atoms with Crippen LogP contribution in [0.15, 0.2) is 36.4 Å². The van der Waals surface area contributed by atoms with E-state index in [0.29, 0.717) is 0 Å². The van der Waals surface area contributed by atoms with Crippen molar-refractivity contribution in [2.75, 3.05) is 5.32 Å². The number of phenolic OH excluding ortho intramolecular Hbond substituents is 1. The lowest BCUT2D eigenvalue weighted by atomic mass is 10.1. The minimum absolute atomic E-state index is 0.0998. The van der Waals surface area contributed by atoms with Gasteiger partial charge in [0.05, 0.1) is 5.69 Å². The van der Waals surface area contributed by atoms with Gasteiger partial charge in [-0.2, -0.15) is 0 Å². The molecule has 0 aromatic heterocycles. The topological polar surface area (TPSA) is 75.6 Å². The highest BCUT2D eigenvalue weighted by Crippen LogP contribution is 2.20. The fourth-order valence-corrected chi connectivity index (χ4v) is 1.92. The maximum Gasteiger partial charge on any atom is 0.342 e. The highest BCUT2D eigenvalue weighted by Gasteiger charge is 2.22. The lowest BCUT2D eigenvalue weighted by Gasteiger charge is -2.14. The van der Waals surface area contributed by atoms with Crippen LogP contribution in [0.4, 0.5) is 14.5 Å². The van der Waals surface area contributed by atoms with Crippen LogP contribution in [-0.2, 0) is 9.53 Å². The van der Waals surface area contributed by atoms with E-state index < -0.39 is 29.6 Å². The molecule has 0 aliphatic rings. The molecule has 0 spiro atoms. The Labute approximate surface area is 136 Å². The molecule has 2 aromatic carbocycles. The molecule has 0 bridgehead atoms. The maximum atomic E-state index is 13.5. The number of carbonyl (C=O) groups excluding carboxylic acids is 2. The molecule has 24 heavy (non-hydrogen) atoms. The largest absolute Gasteiger partial charge is 0.507 e. The van der Waals surface area contributed by atoms with E-state index in [1.165, 1.54) is 19.1 Å². The number of anilines is 1. The van der Waals surface area contributed by atoms with Gasteiger partial charge in [0.2, 0.25) is 0 Å². The van der Waals surface area contributed by atoms with Crippen molar-refractivity contribution in [3.05, 3.63) is 59.2 Å². The van der Waals surface area contributed by atoms with E-state index in [2.05, 4.69) is 5.32 Å². The number of benzene rings is 2. The number of amides is 1. The van der Waals surface area contributed by atoms with E-state index in [-0.39, 0.29) is 17.0 Å². The van der Waals surface area contributed by atoms with Crippen molar-refractivity contribution >= 4 is 17.6 Å². The fourth-order valence-electron chi connectivity index (χ4n) is 1.92. The van der Waals surface area contributed by atoms with Gasteiger partial charge in [-0.05, 0) is 43.7 Å². The highest BCUT2D eigenvalue weighted by atomic mass is 19.1. The molecule has 0 fully saturated rings. The summed E-state index contributed by atoms with van der Waals surface area (Å²) in [5.74, 6) is -3.56. The molecule has 0 saturated carbocycles. The van der Waals surface area contributed by atoms with Crippen LogP contribution in [-0.4, -0.2) is 23.1 Å². The Hall–Kier alpha value is -2.96. The van der Waals surface area contributed by atoms with Gasteiger partial charge >= 0.3 is 5.97 Å². The summed E-state index contributed by atoms with van der Waals surface area (Å²) in [5, 5.41) is 11.9. The Kier molecular flexibility index (Phi) is 5.13. The van der Waals surface area contributed by atoms with Gasteiger partial charge in [-0.1, -0.05) is 6.07 Å². The summed E-state index contributed by atoms with van der Waals surface area (Å²) in [6.45, 7) is 3.01. The van der Waals surface area contributed by atoms with Crippen molar-refractivity contribution < 1.29 is 28.2 Å². The van der Waals surface area contributed by atoms with Crippen molar-refractivity contribution in [2.45, 2.75) is 20.0 Å². The number of aromatic hydroxyl groups is 1. The lowest BCUT2D eigenvalue weighted by molar-refractivity contribution is -0.123. The molecule has 2 N–H and O–H groups in total. The van der Waals surface area contributed by atoms with Crippen LogP contribution in [0.5, 0.6) is 5.75 Å². The van der Waals surface area contributed by atoms with E-state index in [0.717, 1.165) is 23.8 Å². The van der Waals surface area contributed by atoms with Gasteiger partial charge in [0.25, 0.3) is 5.91 Å². The summed E-state index contributed by atoms with van der Waals surface area (Å²) in [6, 6.07) is 6.94. The molecule has 1 atom stereocenters. The normalized spacial score (nSPS) is 11.7. The molecule has 0 aliphatic heterocycles. The van der Waals surface area contributed by atoms with Gasteiger partial charge < -0.3 is 15.2 Å². The first-order chi connectivity index (χ1) is 11.3. The van der Waals surface area contributed by atoms with Crippen molar-refractivity contribution in [2.24, 2.45) is 0 Å². The number of phenols is 1. The molecule has 0 unspecified atom stereocenters. The van der Waals surface area contributed by atoms with Gasteiger partial charge in [-0.15, -0.1) is 0 Å². The molecule has 1 amide bonds. The molecule has 7 heteroatoms. The van der Waals surface area contributed by atoms with Crippen LogP contribution in [0.25, 0.3) is 0 Å². The summed E-state index contributed by atoms with van der Waals surface area (Å²) < 4.78 is 31.5. The number of hydrogen-bond donors (Lipinski definition) is 2. The zero-order chi connectivity index (χ0) is 17.9. The monoisotopic (exact) mass is 335 g/mol. The van der Waals surface area contributed by atoms with Crippen molar-refractivity contribution in [3.63, 3.8) is 0 Å². The molecule has 2 aromatic rings. The van der Waals surface area contributed by atoms with E-state index in [9.17, 15) is 23.5 Å². The molecular formula is C17H15F2NO4. The second-order valence-electron chi connectivity index (χ2n) is 5.18. The van der Waals surface area contributed by atoms with E-state index in [4.69, 9.17) is 4.74 Å². The number of rotatable bonds is 4. The first kappa shape index (κ1) is 17.4. The predicted molar refractivity (Wildman–Crippen MR) is 82.7 cm³/mol. The first-order valence-electron chi connectivity index (χ1n) is 7.04. The second kappa shape index (κ2) is 7.08. The van der Waals surface area contributed by atoms with Crippen LogP contribution >= 0.6 is 0 Å². The van der Waals surface area contributed by atoms with E-state index in [1.807, 2.05) is 0 Å². The van der Waals surface area contributed by atoms with E-state index >= 15 is 0 Å². The number of hydrogen-bond acceptors (Lipinski definition) is 4. The predicted octanol–water partition coefficient (Wildman–Crippen LogP) is 3.16. The average molecular weight is 335 g/mol. The number of esters is 1. The van der Waals surface area contributed by atoms with Gasteiger partial charge in [-0.3, -0.25) is 4.79 Å². The van der Waals surface area contributed by atoms with Gasteiger partial charge in [-0.25, -0.2) is 13.6 Å². The smallest absolute Gasteiger partial charge is 0.342 e. The number of nitrogens with one attached hydrogen (secondary N) is 1. The van der Waals surface area contributed by atoms with Crippen LogP contribution < -0.4 is 5.32 Å². The summed E-state index contributed by atoms with van der Waals surface area (Å²) in [4.78, 5) is 23.9. The summed E-state index contributed by atoms with van der Waals surface area (Å²) in [7, 11) is 0. The van der Waals surface area contributed by atoms with Gasteiger partial charge in [0.15, 0.2) is 6.10 Å². The minimum Gasteiger partial charge on any atom is -0.507 e. The van der Waals surface area contributed by atoms with Crippen LogP contribution in [0.1, 0.15) is 22.8 Å². The number of carbonyl (C=O) groups is 2. The van der Waals surface area contributed by atoms with Crippen LogP contribution in [0.3, 0.4) is 0 Å². The first-order valence-corrected chi connectivity index (χ1v) is 7.04. The number of halogens is 2. The molecule has 0 heterocycles. The van der Waals surface area contributed by atoms with Crippen LogP contribution in [0.2, 0.25) is 0 Å². The van der Waals surface area contributed by atoms with Crippen molar-refractivity contribution in [3.8, 4) is 5.75 Å². The summed E-state index contributed by atoms with van der Waals surface area (Å²) in [6.07, 6.45) is -1.28. The van der Waals surface area contributed by atoms with Crippen LogP contribution in [0, 0.1) is 18.6 Å². The molecule has 5 nitrogen and oxygen atoms in total. The summed E-state index contributed by atoms with van der Waals surface area (Å²) >= 11 is 0. The minimum atomic E-state index is -1.28. The SMILES string of the molecule is Cc1ccc(C(=O)O[C@@H](C)C(=O)Nc2cc(F)ccc2F)c(O)c1. The maximum absolute atomic E-state index is 13.5. The molecule has 2 rings (SSSR count). The number of aryl methyl sites for hydroxylation is 1. The molecule has 0 radical (unpaired) electrons. The lowest BCUT2D eigenvalue weighted by Crippen LogP contribution is -2.30. The Morgan fingerprint density at radius 3 is 2.54 bits per heavy atom. The quantitative estimate of drug-likeness (QED) is 0.842. The zero-order valence-corrected chi connectivity index (χ0v) is 13.0. The van der Waals surface area contributed by atoms with Gasteiger partial charge in [0, 0.05) is 6.07 Å². The Morgan fingerprint density at radius 2 is 1.88 bits per heavy atom. The standard InChI is InChI=1S/C17H15F2NO4/c1-9-3-5-12(15(21)7-9)17(23)24-10(2)16(22)20-14-8-11(18)4-6-13(14)19/h3-8,10,21H,1-2H3,(H,20,22)/t10-/m0/s1. The zero-order valence-electron chi connectivity index (χ0n) is 13.0. The second-order valence-corrected chi connectivity index (χ2v) is 5.18. The average Bonchev–Trinajstić information content (AvgIpc) is 2.50. The third-order valence-electron chi connectivity index (χ3n) is 3.21. The molecular weight excluding hydrogens is 320 g/mol. The van der Waals surface area contributed by atoms with Crippen molar-refractivity contribution in [1.29, 1.82) is 0 Å². The highest BCUT2D eigenvalue weighted by molar-refractivity contribution is 5.98. The van der Waals surface area contributed by atoms with E-state index in [1.54, 1.807) is 13.0 Å². The molecule has 126 valence electrons. The summed E-state index contributed by atoms with van der Waals surface area (Å²) in [5.41, 5.74) is 0.287. The molecule has 0 saturated heterocycles. The third-order valence-corrected chi connectivity index (χ3v) is 3.21.